The number of halogens is 1. The molecule has 1 amide bonds. The highest BCUT2D eigenvalue weighted by Crippen LogP contribution is 2.39. The Hall–Kier alpha value is -1.24. The van der Waals surface area contributed by atoms with Crippen molar-refractivity contribution in [3.8, 4) is 0 Å². The average Bonchev–Trinajstić information content (AvgIpc) is 2.94. The van der Waals surface area contributed by atoms with E-state index >= 15 is 0 Å². The van der Waals surface area contributed by atoms with Crippen molar-refractivity contribution < 1.29 is 14.0 Å². The van der Waals surface area contributed by atoms with E-state index in [1.165, 1.54) is 0 Å². The minimum Gasteiger partial charge on any atom is -0.444 e. The third-order valence-electron chi connectivity index (χ3n) is 5.70. The van der Waals surface area contributed by atoms with Gasteiger partial charge in [0.15, 0.2) is 8.32 Å². The molecular formula is C22H37ClN2O3Si. The minimum atomic E-state index is -1.96. The van der Waals surface area contributed by atoms with Crippen LogP contribution >= 0.6 is 11.6 Å². The molecule has 1 saturated heterocycles. The van der Waals surface area contributed by atoms with Crippen molar-refractivity contribution in [2.24, 2.45) is 5.92 Å². The van der Waals surface area contributed by atoms with Gasteiger partial charge in [-0.15, -0.1) is 0 Å². The first-order valence-corrected chi connectivity index (χ1v) is 13.6. The van der Waals surface area contributed by atoms with Gasteiger partial charge < -0.3 is 19.4 Å². The van der Waals surface area contributed by atoms with Crippen LogP contribution in [0.5, 0.6) is 0 Å². The van der Waals surface area contributed by atoms with E-state index in [4.69, 9.17) is 20.8 Å². The summed E-state index contributed by atoms with van der Waals surface area (Å²) in [5, 5.41) is 4.30. The standard InChI is InChI=1S/C22H37ClN2O3Si/c1-21(2,3)27-20(26)25-14-16(13-24-18-11-9-17(23)10-12-18)19(15-25)28-29(7,8)22(4,5)6/h9-12,16,19,24H,13-15H2,1-8H3/t16-,19+/m1/s1. The van der Waals surface area contributed by atoms with E-state index in [0.29, 0.717) is 18.1 Å². The number of carbonyl (C=O) groups is 1. The van der Waals surface area contributed by atoms with Gasteiger partial charge in [0.1, 0.15) is 5.60 Å². The molecule has 29 heavy (non-hydrogen) atoms. The summed E-state index contributed by atoms with van der Waals surface area (Å²) in [6.07, 6.45) is -0.279. The highest BCUT2D eigenvalue weighted by Gasteiger charge is 2.45. The number of benzene rings is 1. The van der Waals surface area contributed by atoms with E-state index in [1.54, 1.807) is 4.90 Å². The van der Waals surface area contributed by atoms with Gasteiger partial charge in [-0.1, -0.05) is 32.4 Å². The van der Waals surface area contributed by atoms with E-state index < -0.39 is 13.9 Å². The van der Waals surface area contributed by atoms with Gasteiger partial charge in [0, 0.05) is 36.3 Å². The number of nitrogens with zero attached hydrogens (tertiary/aromatic N) is 1. The molecule has 1 aliphatic rings. The normalized spacial score (nSPS) is 20.7. The van der Waals surface area contributed by atoms with E-state index in [1.807, 2.05) is 45.0 Å². The minimum absolute atomic E-state index is 0.0109. The van der Waals surface area contributed by atoms with Gasteiger partial charge in [-0.3, -0.25) is 0 Å². The quantitative estimate of drug-likeness (QED) is 0.569. The molecule has 2 rings (SSSR count). The Morgan fingerprint density at radius 2 is 1.72 bits per heavy atom. The van der Waals surface area contributed by atoms with Crippen molar-refractivity contribution in [3.05, 3.63) is 29.3 Å². The molecule has 0 aliphatic carbocycles. The molecule has 0 saturated carbocycles. The van der Waals surface area contributed by atoms with E-state index in [2.05, 4.69) is 39.2 Å². The molecule has 7 heteroatoms. The van der Waals surface area contributed by atoms with Crippen LogP contribution in [0.1, 0.15) is 41.5 Å². The number of likely N-dealkylation sites (tertiary alicyclic amines) is 1. The molecule has 0 bridgehead atoms. The molecule has 0 spiro atoms. The topological polar surface area (TPSA) is 50.8 Å². The van der Waals surface area contributed by atoms with Gasteiger partial charge in [0.25, 0.3) is 0 Å². The lowest BCUT2D eigenvalue weighted by molar-refractivity contribution is 0.0272. The maximum absolute atomic E-state index is 12.7. The second-order valence-corrected chi connectivity index (χ2v) is 15.6. The molecule has 164 valence electrons. The first kappa shape index (κ1) is 24.0. The summed E-state index contributed by atoms with van der Waals surface area (Å²) < 4.78 is 12.3. The van der Waals surface area contributed by atoms with Crippen LogP contribution in [0.15, 0.2) is 24.3 Å². The van der Waals surface area contributed by atoms with Gasteiger partial charge >= 0.3 is 6.09 Å². The molecular weight excluding hydrogens is 404 g/mol. The fourth-order valence-corrected chi connectivity index (χ4v) is 4.52. The van der Waals surface area contributed by atoms with Gasteiger partial charge in [-0.25, -0.2) is 4.79 Å². The number of anilines is 1. The summed E-state index contributed by atoms with van der Waals surface area (Å²) in [5.41, 5.74) is 0.503. The number of amides is 1. The molecule has 0 radical (unpaired) electrons. The van der Waals surface area contributed by atoms with Gasteiger partial charge in [0.05, 0.1) is 6.10 Å². The van der Waals surface area contributed by atoms with Crippen LogP contribution in [0.4, 0.5) is 10.5 Å². The predicted molar refractivity (Wildman–Crippen MR) is 123 cm³/mol. The summed E-state index contributed by atoms with van der Waals surface area (Å²) in [6.45, 7) is 18.8. The molecule has 1 aliphatic heterocycles. The van der Waals surface area contributed by atoms with Crippen molar-refractivity contribution in [1.82, 2.24) is 4.90 Å². The second kappa shape index (κ2) is 8.86. The second-order valence-electron chi connectivity index (χ2n) is 10.4. The predicted octanol–water partition coefficient (Wildman–Crippen LogP) is 6.01. The lowest BCUT2D eigenvalue weighted by atomic mass is 10.1. The van der Waals surface area contributed by atoms with Crippen LogP contribution in [0, 0.1) is 5.92 Å². The molecule has 1 heterocycles. The summed E-state index contributed by atoms with van der Waals surface area (Å²) in [7, 11) is -1.96. The van der Waals surface area contributed by atoms with Crippen molar-refractivity contribution in [3.63, 3.8) is 0 Å². The Labute approximate surface area is 182 Å². The Morgan fingerprint density at radius 1 is 1.14 bits per heavy atom. The SMILES string of the molecule is CC(C)(C)OC(=O)N1C[C@@H](CNc2ccc(Cl)cc2)[C@@H](O[Si](C)(C)C(C)(C)C)C1. The number of ether oxygens (including phenoxy) is 1. The highest BCUT2D eigenvalue weighted by atomic mass is 35.5. The van der Waals surface area contributed by atoms with Crippen LogP contribution < -0.4 is 5.32 Å². The molecule has 1 aromatic rings. The number of carbonyl (C=O) groups excluding carboxylic acids is 1. The van der Waals surface area contributed by atoms with Crippen LogP contribution in [0.2, 0.25) is 23.2 Å². The Kier molecular flexibility index (Phi) is 7.34. The number of hydrogen-bond acceptors (Lipinski definition) is 4. The lowest BCUT2D eigenvalue weighted by Crippen LogP contribution is -2.46. The molecule has 1 N–H and O–H groups in total. The first-order valence-electron chi connectivity index (χ1n) is 10.3. The summed E-state index contributed by atoms with van der Waals surface area (Å²) in [4.78, 5) is 14.4. The van der Waals surface area contributed by atoms with Crippen LogP contribution in [-0.2, 0) is 9.16 Å². The maximum atomic E-state index is 12.7. The van der Waals surface area contributed by atoms with E-state index in [9.17, 15) is 4.79 Å². The lowest BCUT2D eigenvalue weighted by Gasteiger charge is -2.39. The van der Waals surface area contributed by atoms with Crippen LogP contribution in [0.3, 0.4) is 0 Å². The van der Waals surface area contributed by atoms with Crippen LogP contribution in [0.25, 0.3) is 0 Å². The summed E-state index contributed by atoms with van der Waals surface area (Å²) in [5.74, 6) is 0.187. The third kappa shape index (κ3) is 6.90. The Morgan fingerprint density at radius 3 is 2.24 bits per heavy atom. The summed E-state index contributed by atoms with van der Waals surface area (Å²) in [6, 6.07) is 7.67. The molecule has 1 aromatic carbocycles. The number of hydrogen-bond donors (Lipinski definition) is 1. The molecule has 0 unspecified atom stereocenters. The zero-order chi connectivity index (χ0) is 22.0. The molecule has 5 nitrogen and oxygen atoms in total. The van der Waals surface area contributed by atoms with Crippen molar-refractivity contribution in [1.29, 1.82) is 0 Å². The maximum Gasteiger partial charge on any atom is 0.410 e. The number of nitrogens with one attached hydrogen (secondary N) is 1. The summed E-state index contributed by atoms with van der Waals surface area (Å²) >= 11 is 5.98. The fourth-order valence-electron chi connectivity index (χ4n) is 3.02. The fraction of sp³-hybridized carbons (Fsp3) is 0.682. The van der Waals surface area contributed by atoms with Crippen molar-refractivity contribution >= 4 is 31.7 Å². The molecule has 0 aromatic heterocycles. The van der Waals surface area contributed by atoms with Crippen molar-refractivity contribution in [2.75, 3.05) is 25.0 Å². The smallest absolute Gasteiger partial charge is 0.410 e. The van der Waals surface area contributed by atoms with Gasteiger partial charge in [-0.05, 0) is 63.2 Å². The highest BCUT2D eigenvalue weighted by molar-refractivity contribution is 6.74. The van der Waals surface area contributed by atoms with E-state index in [0.717, 1.165) is 12.2 Å². The molecule has 1 fully saturated rings. The van der Waals surface area contributed by atoms with Crippen LogP contribution in [-0.4, -0.2) is 50.6 Å². The van der Waals surface area contributed by atoms with Gasteiger partial charge in [0.2, 0.25) is 0 Å². The zero-order valence-electron chi connectivity index (χ0n) is 19.1. The monoisotopic (exact) mass is 440 g/mol. The van der Waals surface area contributed by atoms with Gasteiger partial charge in [-0.2, -0.15) is 0 Å². The Balaban J connectivity index is 2.12. The van der Waals surface area contributed by atoms with Crippen molar-refractivity contribution in [2.45, 2.75) is 71.4 Å². The molecule has 2 atom stereocenters. The van der Waals surface area contributed by atoms with E-state index in [-0.39, 0.29) is 23.2 Å². The Bertz CT molecular complexity index is 695. The first-order chi connectivity index (χ1) is 13.2. The zero-order valence-corrected chi connectivity index (χ0v) is 20.9. The number of rotatable bonds is 5. The largest absolute Gasteiger partial charge is 0.444 e. The third-order valence-corrected chi connectivity index (χ3v) is 10.5. The average molecular weight is 441 g/mol.